The molecule has 0 bridgehead atoms. The van der Waals surface area contributed by atoms with Crippen molar-refractivity contribution in [2.45, 2.75) is 20.3 Å². The molecule has 0 aliphatic heterocycles. The lowest BCUT2D eigenvalue weighted by Gasteiger charge is -2.20. The van der Waals surface area contributed by atoms with E-state index in [4.69, 9.17) is 4.74 Å². The van der Waals surface area contributed by atoms with E-state index in [-0.39, 0.29) is 18.4 Å². The molecule has 0 aliphatic carbocycles. The van der Waals surface area contributed by atoms with Crippen molar-refractivity contribution in [3.8, 4) is 0 Å². The highest BCUT2D eigenvalue weighted by Crippen LogP contribution is 2.12. The number of nitrogens with one attached hydrogen (secondary N) is 1. The summed E-state index contributed by atoms with van der Waals surface area (Å²) in [7, 11) is 0. The van der Waals surface area contributed by atoms with Crippen LogP contribution in [0.3, 0.4) is 0 Å². The number of nitrogens with zero attached hydrogens (tertiary/aromatic N) is 1. The van der Waals surface area contributed by atoms with E-state index in [0.29, 0.717) is 18.8 Å². The highest BCUT2D eigenvalue weighted by Gasteiger charge is 2.19. The maximum absolute atomic E-state index is 12.2. The molecule has 0 radical (unpaired) electrons. The Hall–Kier alpha value is -1.30. The molecule has 0 aliphatic rings. The average molecular weight is 317 g/mol. The standard InChI is InChI=1S/C12H17BrN2O3/c1-3-5-15(8-11(16)18-4-2)12(17)10-6-9(13)7-14-10/h6-7,14H,3-5,8H2,1-2H3. The van der Waals surface area contributed by atoms with Crippen molar-refractivity contribution < 1.29 is 14.3 Å². The van der Waals surface area contributed by atoms with E-state index in [0.717, 1.165) is 10.9 Å². The zero-order valence-electron chi connectivity index (χ0n) is 10.5. The quantitative estimate of drug-likeness (QED) is 0.818. The summed E-state index contributed by atoms with van der Waals surface area (Å²) in [5, 5.41) is 0. The zero-order valence-corrected chi connectivity index (χ0v) is 12.1. The highest BCUT2D eigenvalue weighted by atomic mass is 79.9. The maximum atomic E-state index is 12.2. The molecule has 6 heteroatoms. The Kier molecular flexibility index (Phi) is 5.91. The molecular weight excluding hydrogens is 300 g/mol. The minimum absolute atomic E-state index is 0.0167. The average Bonchev–Trinajstić information content (AvgIpc) is 2.75. The summed E-state index contributed by atoms with van der Waals surface area (Å²) in [6, 6.07) is 1.69. The summed E-state index contributed by atoms with van der Waals surface area (Å²) in [6.45, 7) is 4.52. The number of ether oxygens (including phenoxy) is 1. The molecule has 1 N–H and O–H groups in total. The van der Waals surface area contributed by atoms with Crippen LogP contribution >= 0.6 is 15.9 Å². The molecule has 0 spiro atoms. The molecule has 0 saturated heterocycles. The van der Waals surface area contributed by atoms with Crippen LogP contribution in [-0.4, -0.2) is 41.5 Å². The second kappa shape index (κ2) is 7.20. The Morgan fingerprint density at radius 1 is 1.44 bits per heavy atom. The number of esters is 1. The zero-order chi connectivity index (χ0) is 13.5. The summed E-state index contributed by atoms with van der Waals surface area (Å²) in [4.78, 5) is 27.9. The van der Waals surface area contributed by atoms with Gasteiger partial charge in [0.05, 0.1) is 6.61 Å². The molecule has 1 heterocycles. The molecule has 18 heavy (non-hydrogen) atoms. The first-order valence-electron chi connectivity index (χ1n) is 5.87. The summed E-state index contributed by atoms with van der Waals surface area (Å²) in [6.07, 6.45) is 2.47. The van der Waals surface area contributed by atoms with Crippen molar-refractivity contribution in [3.63, 3.8) is 0 Å². The van der Waals surface area contributed by atoms with Gasteiger partial charge in [-0.15, -0.1) is 0 Å². The first-order valence-corrected chi connectivity index (χ1v) is 6.66. The van der Waals surface area contributed by atoms with Crippen molar-refractivity contribution in [2.75, 3.05) is 19.7 Å². The maximum Gasteiger partial charge on any atom is 0.325 e. The number of carbonyl (C=O) groups excluding carboxylic acids is 2. The lowest BCUT2D eigenvalue weighted by molar-refractivity contribution is -0.143. The molecule has 0 fully saturated rings. The number of hydrogen-bond acceptors (Lipinski definition) is 3. The van der Waals surface area contributed by atoms with E-state index in [1.807, 2.05) is 6.92 Å². The van der Waals surface area contributed by atoms with Crippen molar-refractivity contribution in [3.05, 3.63) is 22.4 Å². The molecule has 0 aromatic carbocycles. The first-order chi connectivity index (χ1) is 8.58. The van der Waals surface area contributed by atoms with Crippen LogP contribution in [0.5, 0.6) is 0 Å². The first kappa shape index (κ1) is 14.8. The lowest BCUT2D eigenvalue weighted by Crippen LogP contribution is -2.37. The van der Waals surface area contributed by atoms with E-state index in [2.05, 4.69) is 20.9 Å². The van der Waals surface area contributed by atoms with Gasteiger partial charge in [-0.25, -0.2) is 0 Å². The van der Waals surface area contributed by atoms with Gasteiger partial charge in [-0.2, -0.15) is 0 Å². The van der Waals surface area contributed by atoms with Crippen LogP contribution < -0.4 is 0 Å². The summed E-state index contributed by atoms with van der Waals surface area (Å²) in [5.41, 5.74) is 0.458. The van der Waals surface area contributed by atoms with E-state index in [9.17, 15) is 9.59 Å². The Morgan fingerprint density at radius 3 is 2.67 bits per heavy atom. The van der Waals surface area contributed by atoms with Gasteiger partial charge in [-0.3, -0.25) is 9.59 Å². The van der Waals surface area contributed by atoms with Crippen molar-refractivity contribution in [1.82, 2.24) is 9.88 Å². The van der Waals surface area contributed by atoms with Gasteiger partial charge in [0.2, 0.25) is 0 Å². The third kappa shape index (κ3) is 4.18. The lowest BCUT2D eigenvalue weighted by atomic mass is 10.3. The second-order valence-electron chi connectivity index (χ2n) is 3.76. The minimum Gasteiger partial charge on any atom is -0.465 e. The number of halogens is 1. The van der Waals surface area contributed by atoms with Gasteiger partial charge in [-0.1, -0.05) is 6.92 Å². The van der Waals surface area contributed by atoms with Crippen LogP contribution in [0.1, 0.15) is 30.8 Å². The number of hydrogen-bond donors (Lipinski definition) is 1. The van der Waals surface area contributed by atoms with E-state index >= 15 is 0 Å². The third-order valence-corrected chi connectivity index (χ3v) is 2.74. The smallest absolute Gasteiger partial charge is 0.325 e. The van der Waals surface area contributed by atoms with Gasteiger partial charge in [0, 0.05) is 17.2 Å². The van der Waals surface area contributed by atoms with Gasteiger partial charge in [0.25, 0.3) is 5.91 Å². The fourth-order valence-electron chi connectivity index (χ4n) is 1.55. The molecule has 5 nitrogen and oxygen atoms in total. The summed E-state index contributed by atoms with van der Waals surface area (Å²) >= 11 is 3.27. The normalized spacial score (nSPS) is 10.2. The molecule has 1 aromatic heterocycles. The molecule has 0 atom stereocenters. The second-order valence-corrected chi connectivity index (χ2v) is 4.68. The molecule has 1 rings (SSSR count). The Labute approximate surface area is 115 Å². The predicted molar refractivity (Wildman–Crippen MR) is 71.3 cm³/mol. The van der Waals surface area contributed by atoms with Crippen LogP contribution in [0.4, 0.5) is 0 Å². The van der Waals surface area contributed by atoms with E-state index in [1.54, 1.807) is 19.2 Å². The van der Waals surface area contributed by atoms with Gasteiger partial charge in [0.15, 0.2) is 0 Å². The van der Waals surface area contributed by atoms with Crippen molar-refractivity contribution in [2.24, 2.45) is 0 Å². The van der Waals surface area contributed by atoms with Crippen LogP contribution in [0.15, 0.2) is 16.7 Å². The molecule has 0 saturated carbocycles. The Balaban J connectivity index is 2.71. The number of aromatic amines is 1. The molecule has 0 unspecified atom stereocenters. The topological polar surface area (TPSA) is 62.4 Å². The van der Waals surface area contributed by atoms with Gasteiger partial charge < -0.3 is 14.6 Å². The molecular formula is C12H17BrN2O3. The van der Waals surface area contributed by atoms with Crippen LogP contribution in [-0.2, 0) is 9.53 Å². The van der Waals surface area contributed by atoms with Crippen molar-refractivity contribution in [1.29, 1.82) is 0 Å². The number of aromatic nitrogens is 1. The van der Waals surface area contributed by atoms with Crippen LogP contribution in [0.25, 0.3) is 0 Å². The van der Waals surface area contributed by atoms with E-state index in [1.165, 1.54) is 4.90 Å². The summed E-state index contributed by atoms with van der Waals surface area (Å²) in [5.74, 6) is -0.583. The fourth-order valence-corrected chi connectivity index (χ4v) is 1.89. The van der Waals surface area contributed by atoms with Crippen LogP contribution in [0.2, 0.25) is 0 Å². The van der Waals surface area contributed by atoms with Crippen LogP contribution in [0, 0.1) is 0 Å². The third-order valence-electron chi connectivity index (χ3n) is 2.28. The molecule has 1 aromatic rings. The predicted octanol–water partition coefficient (Wildman–Crippen LogP) is 2.19. The molecule has 100 valence electrons. The Morgan fingerprint density at radius 2 is 2.17 bits per heavy atom. The minimum atomic E-state index is -0.384. The largest absolute Gasteiger partial charge is 0.465 e. The number of rotatable bonds is 6. The van der Waals surface area contributed by atoms with Crippen molar-refractivity contribution >= 4 is 27.8 Å². The SMILES string of the molecule is CCCN(CC(=O)OCC)C(=O)c1cc(Br)c[nH]1. The number of amides is 1. The van der Waals surface area contributed by atoms with E-state index < -0.39 is 0 Å². The number of H-pyrrole nitrogens is 1. The highest BCUT2D eigenvalue weighted by molar-refractivity contribution is 9.10. The van der Waals surface area contributed by atoms with Gasteiger partial charge in [-0.05, 0) is 35.3 Å². The monoisotopic (exact) mass is 316 g/mol. The fraction of sp³-hybridized carbons (Fsp3) is 0.500. The van der Waals surface area contributed by atoms with Gasteiger partial charge in [0.1, 0.15) is 12.2 Å². The molecule has 1 amide bonds. The van der Waals surface area contributed by atoms with Gasteiger partial charge >= 0.3 is 5.97 Å². The summed E-state index contributed by atoms with van der Waals surface area (Å²) < 4.78 is 5.66. The number of carbonyl (C=O) groups is 2. The Bertz CT molecular complexity index is 417.